The molecule has 1 saturated carbocycles. The lowest BCUT2D eigenvalue weighted by molar-refractivity contribution is 0.259. The van der Waals surface area contributed by atoms with Crippen LogP contribution in [-0.2, 0) is 0 Å². The quantitative estimate of drug-likeness (QED) is 0.664. The molecule has 84 valence electrons. The molecule has 0 amide bonds. The van der Waals surface area contributed by atoms with Gasteiger partial charge in [0, 0.05) is 15.8 Å². The van der Waals surface area contributed by atoms with Gasteiger partial charge in [0.05, 0.1) is 0 Å². The molecule has 0 aliphatic heterocycles. The molecule has 1 aliphatic carbocycles. The van der Waals surface area contributed by atoms with Gasteiger partial charge in [-0.15, -0.1) is 0 Å². The molecular formula is C12H23BrS. The summed E-state index contributed by atoms with van der Waals surface area (Å²) in [5.74, 6) is 1.34. The first-order valence-electron chi connectivity index (χ1n) is 5.67. The van der Waals surface area contributed by atoms with Gasteiger partial charge in [0.1, 0.15) is 0 Å². The number of halogens is 1. The van der Waals surface area contributed by atoms with Gasteiger partial charge in [-0.25, -0.2) is 0 Å². The standard InChI is InChI=1S/C12H23BrS/c1-11(2,3)14-10-12(9-13)7-5-4-6-8-12/h4-10H2,1-3H3. The van der Waals surface area contributed by atoms with Crippen molar-refractivity contribution in [1.29, 1.82) is 0 Å². The molecule has 0 spiro atoms. The first-order valence-corrected chi connectivity index (χ1v) is 7.78. The summed E-state index contributed by atoms with van der Waals surface area (Å²) in [7, 11) is 0. The summed E-state index contributed by atoms with van der Waals surface area (Å²) in [6.07, 6.45) is 7.20. The van der Waals surface area contributed by atoms with Crippen LogP contribution in [0.15, 0.2) is 0 Å². The van der Waals surface area contributed by atoms with Crippen molar-refractivity contribution in [1.82, 2.24) is 0 Å². The minimum absolute atomic E-state index is 0.423. The van der Waals surface area contributed by atoms with Crippen molar-refractivity contribution in [2.75, 3.05) is 11.1 Å². The van der Waals surface area contributed by atoms with E-state index >= 15 is 0 Å². The minimum atomic E-state index is 0.423. The lowest BCUT2D eigenvalue weighted by Crippen LogP contribution is -2.30. The van der Waals surface area contributed by atoms with Crippen LogP contribution in [0.5, 0.6) is 0 Å². The number of hydrogen-bond donors (Lipinski definition) is 0. The number of alkyl halides is 1. The number of thioether (sulfide) groups is 1. The van der Waals surface area contributed by atoms with Gasteiger partial charge < -0.3 is 0 Å². The van der Waals surface area contributed by atoms with Crippen LogP contribution in [0.3, 0.4) is 0 Å². The topological polar surface area (TPSA) is 0 Å². The van der Waals surface area contributed by atoms with Crippen molar-refractivity contribution < 1.29 is 0 Å². The molecule has 0 radical (unpaired) electrons. The summed E-state index contributed by atoms with van der Waals surface area (Å²) in [6.45, 7) is 6.97. The van der Waals surface area contributed by atoms with E-state index in [0.29, 0.717) is 10.2 Å². The lowest BCUT2D eigenvalue weighted by atomic mass is 9.77. The van der Waals surface area contributed by atoms with Crippen molar-refractivity contribution in [3.05, 3.63) is 0 Å². The van der Waals surface area contributed by atoms with Crippen molar-refractivity contribution in [3.8, 4) is 0 Å². The van der Waals surface area contributed by atoms with Gasteiger partial charge >= 0.3 is 0 Å². The molecule has 0 aromatic carbocycles. The Hall–Kier alpha value is 0.830. The van der Waals surface area contributed by atoms with Gasteiger partial charge in [0.25, 0.3) is 0 Å². The molecule has 0 N–H and O–H groups in total. The average molecular weight is 279 g/mol. The maximum absolute atomic E-state index is 3.72. The van der Waals surface area contributed by atoms with Crippen LogP contribution in [-0.4, -0.2) is 15.8 Å². The fourth-order valence-corrected chi connectivity index (χ4v) is 4.14. The molecule has 14 heavy (non-hydrogen) atoms. The zero-order chi connectivity index (χ0) is 10.7. The van der Waals surface area contributed by atoms with Gasteiger partial charge in [0.2, 0.25) is 0 Å². The molecule has 0 unspecified atom stereocenters. The maximum atomic E-state index is 3.72. The Kier molecular flexibility index (Phi) is 4.83. The van der Waals surface area contributed by atoms with Gasteiger partial charge in [-0.1, -0.05) is 56.0 Å². The van der Waals surface area contributed by atoms with Crippen LogP contribution in [0.2, 0.25) is 0 Å². The van der Waals surface area contributed by atoms with Crippen LogP contribution in [0.4, 0.5) is 0 Å². The van der Waals surface area contributed by atoms with Crippen LogP contribution in [0.1, 0.15) is 52.9 Å². The van der Waals surface area contributed by atoms with E-state index in [2.05, 4.69) is 48.5 Å². The van der Waals surface area contributed by atoms with Gasteiger partial charge in [-0.2, -0.15) is 11.8 Å². The highest BCUT2D eigenvalue weighted by Gasteiger charge is 2.32. The molecular weight excluding hydrogens is 256 g/mol. The molecule has 1 fully saturated rings. The third-order valence-electron chi connectivity index (χ3n) is 3.01. The molecule has 2 heteroatoms. The van der Waals surface area contributed by atoms with Crippen molar-refractivity contribution in [2.45, 2.75) is 57.6 Å². The highest BCUT2D eigenvalue weighted by atomic mass is 79.9. The second kappa shape index (κ2) is 5.25. The van der Waals surface area contributed by atoms with Crippen molar-refractivity contribution in [3.63, 3.8) is 0 Å². The molecule has 0 aromatic heterocycles. The van der Waals surface area contributed by atoms with E-state index in [1.807, 2.05) is 0 Å². The predicted octanol–water partition coefficient (Wildman–Crippen LogP) is 4.86. The van der Waals surface area contributed by atoms with Gasteiger partial charge in [0.15, 0.2) is 0 Å². The summed E-state index contributed by atoms with van der Waals surface area (Å²) >= 11 is 5.86. The molecule has 1 rings (SSSR count). The van der Waals surface area contributed by atoms with E-state index < -0.39 is 0 Å². The predicted molar refractivity (Wildman–Crippen MR) is 71.5 cm³/mol. The average Bonchev–Trinajstić information content (AvgIpc) is 2.15. The molecule has 0 bridgehead atoms. The third-order valence-corrected chi connectivity index (χ3v) is 5.82. The summed E-state index contributed by atoms with van der Waals surface area (Å²) in [4.78, 5) is 0. The first-order chi connectivity index (χ1) is 6.47. The van der Waals surface area contributed by atoms with Crippen molar-refractivity contribution >= 4 is 27.7 Å². The fourth-order valence-electron chi connectivity index (χ4n) is 1.99. The second-order valence-electron chi connectivity index (χ2n) is 5.60. The Balaban J connectivity index is 2.44. The van der Waals surface area contributed by atoms with E-state index in [-0.39, 0.29) is 0 Å². The summed E-state index contributed by atoms with van der Waals surface area (Å²) in [5, 5.41) is 1.20. The highest BCUT2D eigenvalue weighted by Crippen LogP contribution is 2.42. The first kappa shape index (κ1) is 12.9. The minimum Gasteiger partial charge on any atom is -0.155 e. The Morgan fingerprint density at radius 3 is 2.14 bits per heavy atom. The Bertz CT molecular complexity index is 166. The smallest absolute Gasteiger partial charge is 0.00958 e. The molecule has 1 aliphatic rings. The Morgan fingerprint density at radius 1 is 1.14 bits per heavy atom. The van der Waals surface area contributed by atoms with E-state index in [0.717, 1.165) is 0 Å². The van der Waals surface area contributed by atoms with Crippen LogP contribution < -0.4 is 0 Å². The molecule has 0 heterocycles. The van der Waals surface area contributed by atoms with Gasteiger partial charge in [-0.3, -0.25) is 0 Å². The fraction of sp³-hybridized carbons (Fsp3) is 1.00. The summed E-state index contributed by atoms with van der Waals surface area (Å²) in [6, 6.07) is 0. The largest absolute Gasteiger partial charge is 0.155 e. The second-order valence-corrected chi connectivity index (χ2v) is 7.96. The van der Waals surface area contributed by atoms with E-state index in [1.165, 1.54) is 43.2 Å². The van der Waals surface area contributed by atoms with E-state index in [1.54, 1.807) is 0 Å². The Labute approximate surface area is 102 Å². The summed E-state index contributed by atoms with van der Waals surface area (Å²) in [5.41, 5.74) is 0.607. The van der Waals surface area contributed by atoms with Crippen LogP contribution >= 0.6 is 27.7 Å². The van der Waals surface area contributed by atoms with E-state index in [9.17, 15) is 0 Å². The van der Waals surface area contributed by atoms with Crippen molar-refractivity contribution in [2.24, 2.45) is 5.41 Å². The van der Waals surface area contributed by atoms with Crippen LogP contribution in [0, 0.1) is 5.41 Å². The molecule has 0 aromatic rings. The molecule has 0 atom stereocenters. The Morgan fingerprint density at radius 2 is 1.71 bits per heavy atom. The lowest BCUT2D eigenvalue weighted by Gasteiger charge is -2.37. The zero-order valence-corrected chi connectivity index (χ0v) is 12.1. The summed E-state index contributed by atoms with van der Waals surface area (Å²) < 4.78 is 0.423. The zero-order valence-electron chi connectivity index (χ0n) is 9.74. The highest BCUT2D eigenvalue weighted by molar-refractivity contribution is 9.09. The molecule has 0 nitrogen and oxygen atoms in total. The SMILES string of the molecule is CC(C)(C)SCC1(CBr)CCCCC1. The molecule has 0 saturated heterocycles. The number of hydrogen-bond acceptors (Lipinski definition) is 1. The normalized spacial score (nSPS) is 22.3. The monoisotopic (exact) mass is 278 g/mol. The third kappa shape index (κ3) is 4.14. The maximum Gasteiger partial charge on any atom is 0.00958 e. The van der Waals surface area contributed by atoms with Crippen LogP contribution in [0.25, 0.3) is 0 Å². The van der Waals surface area contributed by atoms with Gasteiger partial charge in [-0.05, 0) is 18.3 Å². The van der Waals surface area contributed by atoms with E-state index in [4.69, 9.17) is 0 Å². The number of rotatable bonds is 3.